The summed E-state index contributed by atoms with van der Waals surface area (Å²) in [5.74, 6) is -1.40. The molecule has 132 valence electrons. The number of anilines is 1. The van der Waals surface area contributed by atoms with Crippen molar-refractivity contribution in [3.8, 4) is 0 Å². The lowest BCUT2D eigenvalue weighted by molar-refractivity contribution is -0.127. The molecule has 0 aromatic heterocycles. The molecule has 1 fully saturated rings. The predicted octanol–water partition coefficient (Wildman–Crippen LogP) is 3.09. The van der Waals surface area contributed by atoms with Gasteiger partial charge in [-0.05, 0) is 37.5 Å². The van der Waals surface area contributed by atoms with Crippen LogP contribution < -0.4 is 5.32 Å². The largest absolute Gasteiger partial charge is 0.478 e. The molecule has 1 aliphatic rings. The second kappa shape index (κ2) is 6.93. The monoisotopic (exact) mass is 353 g/mol. The Morgan fingerprint density at radius 3 is 2.29 bits per heavy atom. The van der Waals surface area contributed by atoms with E-state index < -0.39 is 21.2 Å². The van der Waals surface area contributed by atoms with Gasteiger partial charge in [-0.1, -0.05) is 26.2 Å². The van der Waals surface area contributed by atoms with Crippen LogP contribution in [-0.4, -0.2) is 31.7 Å². The van der Waals surface area contributed by atoms with Crippen molar-refractivity contribution >= 4 is 27.4 Å². The van der Waals surface area contributed by atoms with E-state index in [1.807, 2.05) is 6.92 Å². The van der Waals surface area contributed by atoms with E-state index in [4.69, 9.17) is 0 Å². The van der Waals surface area contributed by atoms with E-state index in [1.54, 1.807) is 0 Å². The van der Waals surface area contributed by atoms with Gasteiger partial charge in [0.15, 0.2) is 9.84 Å². The number of amides is 1. The van der Waals surface area contributed by atoms with Crippen LogP contribution in [0.2, 0.25) is 0 Å². The predicted molar refractivity (Wildman–Crippen MR) is 90.9 cm³/mol. The number of aromatic carboxylic acids is 1. The summed E-state index contributed by atoms with van der Waals surface area (Å²) in [6.07, 6.45) is 6.40. The van der Waals surface area contributed by atoms with Crippen LogP contribution in [-0.2, 0) is 14.6 Å². The number of hydrogen-bond donors (Lipinski definition) is 2. The van der Waals surface area contributed by atoms with E-state index in [0.29, 0.717) is 6.42 Å². The van der Waals surface area contributed by atoms with Crippen LogP contribution in [0.1, 0.15) is 55.8 Å². The highest BCUT2D eigenvalue weighted by atomic mass is 32.2. The molecule has 0 unspecified atom stereocenters. The fourth-order valence-electron chi connectivity index (χ4n) is 3.24. The molecule has 1 saturated carbocycles. The SMILES string of the molecule is CCC1(C(=O)Nc2cc(C(=O)O)cc(S(C)(=O)=O)c2)CCCCC1. The highest BCUT2D eigenvalue weighted by Crippen LogP contribution is 2.40. The fraction of sp³-hybridized carbons (Fsp3) is 0.529. The van der Waals surface area contributed by atoms with Crippen molar-refractivity contribution in [3.63, 3.8) is 0 Å². The number of nitrogens with one attached hydrogen (secondary N) is 1. The average Bonchev–Trinajstić information content (AvgIpc) is 2.54. The van der Waals surface area contributed by atoms with Gasteiger partial charge in [0, 0.05) is 17.4 Å². The van der Waals surface area contributed by atoms with Gasteiger partial charge in [0.25, 0.3) is 0 Å². The van der Waals surface area contributed by atoms with Crippen LogP contribution in [0.15, 0.2) is 23.1 Å². The molecule has 0 radical (unpaired) electrons. The second-order valence-corrected chi connectivity index (χ2v) is 8.49. The maximum Gasteiger partial charge on any atom is 0.335 e. The summed E-state index contributed by atoms with van der Waals surface area (Å²) >= 11 is 0. The van der Waals surface area contributed by atoms with Crippen LogP contribution in [0.25, 0.3) is 0 Å². The molecule has 7 heteroatoms. The maximum absolute atomic E-state index is 12.8. The fourth-order valence-corrected chi connectivity index (χ4v) is 3.92. The zero-order chi connectivity index (χ0) is 18.0. The Hall–Kier alpha value is -1.89. The molecule has 0 aliphatic heterocycles. The van der Waals surface area contributed by atoms with Crippen molar-refractivity contribution < 1.29 is 23.1 Å². The van der Waals surface area contributed by atoms with Crippen molar-refractivity contribution in [1.29, 1.82) is 0 Å². The summed E-state index contributed by atoms with van der Waals surface area (Å²) in [5, 5.41) is 11.9. The Labute approximate surface area is 142 Å². The first-order valence-electron chi connectivity index (χ1n) is 8.08. The minimum Gasteiger partial charge on any atom is -0.478 e. The van der Waals surface area contributed by atoms with Crippen molar-refractivity contribution in [3.05, 3.63) is 23.8 Å². The van der Waals surface area contributed by atoms with Crippen LogP contribution >= 0.6 is 0 Å². The zero-order valence-corrected chi connectivity index (χ0v) is 14.8. The van der Waals surface area contributed by atoms with Gasteiger partial charge in [0.2, 0.25) is 5.91 Å². The van der Waals surface area contributed by atoms with E-state index >= 15 is 0 Å². The molecule has 0 saturated heterocycles. The van der Waals surface area contributed by atoms with E-state index in [0.717, 1.165) is 44.4 Å². The summed E-state index contributed by atoms with van der Waals surface area (Å²) in [7, 11) is -3.58. The molecule has 1 aromatic rings. The summed E-state index contributed by atoms with van der Waals surface area (Å²) in [4.78, 5) is 23.9. The Balaban J connectivity index is 2.36. The van der Waals surface area contributed by atoms with Gasteiger partial charge in [0.05, 0.1) is 10.5 Å². The van der Waals surface area contributed by atoms with E-state index in [-0.39, 0.29) is 22.1 Å². The van der Waals surface area contributed by atoms with E-state index in [1.165, 1.54) is 12.1 Å². The molecule has 1 aliphatic carbocycles. The number of carboxylic acid groups (broad SMARTS) is 1. The highest BCUT2D eigenvalue weighted by molar-refractivity contribution is 7.90. The number of hydrogen-bond acceptors (Lipinski definition) is 4. The van der Waals surface area contributed by atoms with E-state index in [2.05, 4.69) is 5.32 Å². The van der Waals surface area contributed by atoms with Crippen LogP contribution in [0.4, 0.5) is 5.69 Å². The lowest BCUT2D eigenvalue weighted by atomic mass is 9.71. The first kappa shape index (κ1) is 18.4. The first-order valence-corrected chi connectivity index (χ1v) is 9.97. The van der Waals surface area contributed by atoms with Crippen molar-refractivity contribution in [2.75, 3.05) is 11.6 Å². The minimum absolute atomic E-state index is 0.119. The molecule has 0 heterocycles. The number of rotatable bonds is 5. The standard InChI is InChI=1S/C17H23NO5S/c1-3-17(7-5-4-6-8-17)16(21)18-13-9-12(15(19)20)10-14(11-13)24(2,22)23/h9-11H,3-8H2,1-2H3,(H,18,21)(H,19,20). The number of carbonyl (C=O) groups is 2. The molecular weight excluding hydrogens is 330 g/mol. The van der Waals surface area contributed by atoms with Gasteiger partial charge in [-0.25, -0.2) is 13.2 Å². The van der Waals surface area contributed by atoms with Crippen molar-refractivity contribution in [2.45, 2.75) is 50.3 Å². The average molecular weight is 353 g/mol. The molecule has 24 heavy (non-hydrogen) atoms. The number of carboxylic acids is 1. The van der Waals surface area contributed by atoms with Gasteiger partial charge in [0.1, 0.15) is 0 Å². The second-order valence-electron chi connectivity index (χ2n) is 6.47. The molecule has 1 amide bonds. The number of carbonyl (C=O) groups excluding carboxylic acids is 1. The summed E-state index contributed by atoms with van der Waals surface area (Å²) in [6.45, 7) is 1.97. The highest BCUT2D eigenvalue weighted by Gasteiger charge is 2.37. The molecule has 2 N–H and O–H groups in total. The lowest BCUT2D eigenvalue weighted by Crippen LogP contribution is -2.37. The number of benzene rings is 1. The first-order chi connectivity index (χ1) is 11.2. The summed E-state index contributed by atoms with van der Waals surface area (Å²) in [6, 6.07) is 3.70. The van der Waals surface area contributed by atoms with Crippen LogP contribution in [0, 0.1) is 5.41 Å². The summed E-state index contributed by atoms with van der Waals surface area (Å²) in [5.41, 5.74) is -0.413. The zero-order valence-electron chi connectivity index (χ0n) is 14.0. The lowest BCUT2D eigenvalue weighted by Gasteiger charge is -2.35. The molecule has 6 nitrogen and oxygen atoms in total. The Bertz CT molecular complexity index is 748. The molecular formula is C17H23NO5S. The molecule has 0 spiro atoms. The number of sulfone groups is 1. The Kier molecular flexibility index (Phi) is 5.32. The van der Waals surface area contributed by atoms with Crippen LogP contribution in [0.3, 0.4) is 0 Å². The third kappa shape index (κ3) is 3.95. The van der Waals surface area contributed by atoms with E-state index in [9.17, 15) is 23.1 Å². The molecule has 2 rings (SSSR count). The third-order valence-electron chi connectivity index (χ3n) is 4.81. The maximum atomic E-state index is 12.8. The van der Waals surface area contributed by atoms with Gasteiger partial charge < -0.3 is 10.4 Å². The van der Waals surface area contributed by atoms with Crippen molar-refractivity contribution in [2.24, 2.45) is 5.41 Å². The molecule has 1 aromatic carbocycles. The Morgan fingerprint density at radius 2 is 1.79 bits per heavy atom. The van der Waals surface area contributed by atoms with Gasteiger partial charge in [-0.15, -0.1) is 0 Å². The van der Waals surface area contributed by atoms with Gasteiger partial charge in [-0.3, -0.25) is 4.79 Å². The van der Waals surface area contributed by atoms with Gasteiger partial charge in [-0.2, -0.15) is 0 Å². The topological polar surface area (TPSA) is 101 Å². The third-order valence-corrected chi connectivity index (χ3v) is 5.90. The Morgan fingerprint density at radius 1 is 1.17 bits per heavy atom. The van der Waals surface area contributed by atoms with Gasteiger partial charge >= 0.3 is 5.97 Å². The normalized spacial score (nSPS) is 17.2. The minimum atomic E-state index is -3.58. The molecule has 0 bridgehead atoms. The quantitative estimate of drug-likeness (QED) is 0.847. The molecule has 0 atom stereocenters. The van der Waals surface area contributed by atoms with Crippen LogP contribution in [0.5, 0.6) is 0 Å². The smallest absolute Gasteiger partial charge is 0.335 e. The van der Waals surface area contributed by atoms with Crippen molar-refractivity contribution in [1.82, 2.24) is 0 Å². The summed E-state index contributed by atoms with van der Waals surface area (Å²) < 4.78 is 23.5.